The molecule has 1 atom stereocenters. The molecule has 0 radical (unpaired) electrons. The van der Waals surface area contributed by atoms with Crippen molar-refractivity contribution in [1.82, 2.24) is 15.1 Å². The third-order valence-corrected chi connectivity index (χ3v) is 3.40. The van der Waals surface area contributed by atoms with Crippen LogP contribution >= 0.6 is 12.2 Å². The van der Waals surface area contributed by atoms with Crippen LogP contribution in [0.5, 0.6) is 0 Å². The minimum Gasteiger partial charge on any atom is -0.363 e. The summed E-state index contributed by atoms with van der Waals surface area (Å²) in [6, 6.07) is 0.608. The van der Waals surface area contributed by atoms with Gasteiger partial charge in [-0.2, -0.15) is 0 Å². The molecule has 1 saturated heterocycles. The normalized spacial score (nSPS) is 20.5. The third-order valence-electron chi connectivity index (χ3n) is 3.02. The van der Waals surface area contributed by atoms with Gasteiger partial charge in [0, 0.05) is 25.7 Å². The molecule has 16 heavy (non-hydrogen) atoms. The van der Waals surface area contributed by atoms with Crippen molar-refractivity contribution in [2.75, 3.05) is 33.7 Å². The fourth-order valence-corrected chi connectivity index (χ4v) is 2.53. The summed E-state index contributed by atoms with van der Waals surface area (Å²) in [5.74, 6) is 0. The summed E-state index contributed by atoms with van der Waals surface area (Å²) in [6.45, 7) is 5.45. The lowest BCUT2D eigenvalue weighted by atomic mass is 10.2. The van der Waals surface area contributed by atoms with Crippen LogP contribution < -0.4 is 5.32 Å². The van der Waals surface area contributed by atoms with E-state index in [2.05, 4.69) is 36.1 Å². The Balaban J connectivity index is 2.35. The molecule has 0 aromatic rings. The van der Waals surface area contributed by atoms with Crippen LogP contribution in [-0.4, -0.2) is 54.7 Å². The molecule has 1 aliphatic heterocycles. The monoisotopic (exact) mass is 243 g/mol. The average molecular weight is 243 g/mol. The van der Waals surface area contributed by atoms with E-state index in [4.69, 9.17) is 12.2 Å². The molecule has 1 aliphatic rings. The van der Waals surface area contributed by atoms with Gasteiger partial charge in [0.1, 0.15) is 0 Å². The van der Waals surface area contributed by atoms with Crippen molar-refractivity contribution in [2.45, 2.75) is 38.6 Å². The molecule has 0 amide bonds. The molecule has 4 heteroatoms. The number of nitrogens with zero attached hydrogens (tertiary/aromatic N) is 2. The number of thiocarbonyl (C=S) groups is 1. The number of unbranched alkanes of at least 4 members (excludes halogenated alkanes) is 1. The second kappa shape index (κ2) is 7.07. The van der Waals surface area contributed by atoms with Gasteiger partial charge in [0.2, 0.25) is 0 Å². The predicted molar refractivity (Wildman–Crippen MR) is 73.8 cm³/mol. The Morgan fingerprint density at radius 1 is 1.50 bits per heavy atom. The van der Waals surface area contributed by atoms with E-state index in [0.29, 0.717) is 6.04 Å². The second-order valence-electron chi connectivity index (χ2n) is 4.84. The first-order chi connectivity index (χ1) is 7.65. The summed E-state index contributed by atoms with van der Waals surface area (Å²) in [5.41, 5.74) is 0. The van der Waals surface area contributed by atoms with Gasteiger partial charge in [0.15, 0.2) is 5.11 Å². The van der Waals surface area contributed by atoms with Crippen LogP contribution in [0.3, 0.4) is 0 Å². The predicted octanol–water partition coefficient (Wildman–Crippen LogP) is 1.69. The lowest BCUT2D eigenvalue weighted by Gasteiger charge is -2.29. The third kappa shape index (κ3) is 4.26. The van der Waals surface area contributed by atoms with Crippen molar-refractivity contribution in [3.05, 3.63) is 0 Å². The van der Waals surface area contributed by atoms with E-state index in [1.807, 2.05) is 0 Å². The Bertz CT molecular complexity index is 218. The van der Waals surface area contributed by atoms with Gasteiger partial charge in [0.25, 0.3) is 0 Å². The fourth-order valence-electron chi connectivity index (χ4n) is 2.19. The van der Waals surface area contributed by atoms with Crippen LogP contribution in [0.25, 0.3) is 0 Å². The molecule has 0 spiro atoms. The highest BCUT2D eigenvalue weighted by Crippen LogP contribution is 2.17. The molecule has 1 rings (SSSR count). The first-order valence-electron chi connectivity index (χ1n) is 6.34. The fraction of sp³-hybridized carbons (Fsp3) is 0.917. The molecule has 0 saturated carbocycles. The van der Waals surface area contributed by atoms with Gasteiger partial charge in [-0.15, -0.1) is 0 Å². The van der Waals surface area contributed by atoms with Crippen LogP contribution in [0, 0.1) is 0 Å². The summed E-state index contributed by atoms with van der Waals surface area (Å²) < 4.78 is 0. The van der Waals surface area contributed by atoms with E-state index in [9.17, 15) is 0 Å². The van der Waals surface area contributed by atoms with Gasteiger partial charge in [-0.1, -0.05) is 13.3 Å². The molecule has 0 aliphatic carbocycles. The highest BCUT2D eigenvalue weighted by molar-refractivity contribution is 7.80. The van der Waals surface area contributed by atoms with Crippen molar-refractivity contribution >= 4 is 17.3 Å². The van der Waals surface area contributed by atoms with E-state index in [1.54, 1.807) is 0 Å². The second-order valence-corrected chi connectivity index (χ2v) is 5.22. The van der Waals surface area contributed by atoms with Gasteiger partial charge < -0.3 is 15.1 Å². The molecular formula is C12H25N3S. The minimum absolute atomic E-state index is 0.608. The highest BCUT2D eigenvalue weighted by atomic mass is 32.1. The molecule has 1 heterocycles. The van der Waals surface area contributed by atoms with Crippen LogP contribution in [0.2, 0.25) is 0 Å². The van der Waals surface area contributed by atoms with Crippen LogP contribution in [-0.2, 0) is 0 Å². The molecule has 1 unspecified atom stereocenters. The summed E-state index contributed by atoms with van der Waals surface area (Å²) in [5, 5.41) is 4.32. The van der Waals surface area contributed by atoms with Crippen molar-refractivity contribution in [1.29, 1.82) is 0 Å². The maximum atomic E-state index is 5.45. The quantitative estimate of drug-likeness (QED) is 0.585. The maximum Gasteiger partial charge on any atom is 0.169 e. The Labute approximate surface area is 105 Å². The zero-order chi connectivity index (χ0) is 12.0. The topological polar surface area (TPSA) is 18.5 Å². The Hall–Kier alpha value is -0.350. The van der Waals surface area contributed by atoms with Crippen LogP contribution in [0.1, 0.15) is 32.6 Å². The largest absolute Gasteiger partial charge is 0.363 e. The van der Waals surface area contributed by atoms with Crippen LogP contribution in [0.4, 0.5) is 0 Å². The van der Waals surface area contributed by atoms with E-state index < -0.39 is 0 Å². The highest BCUT2D eigenvalue weighted by Gasteiger charge is 2.26. The summed E-state index contributed by atoms with van der Waals surface area (Å²) >= 11 is 5.45. The Morgan fingerprint density at radius 2 is 2.25 bits per heavy atom. The number of hydrogen-bond acceptors (Lipinski definition) is 2. The number of likely N-dealkylation sites (tertiary alicyclic amines) is 1. The molecule has 1 fully saturated rings. The van der Waals surface area contributed by atoms with Crippen molar-refractivity contribution in [2.24, 2.45) is 0 Å². The molecule has 94 valence electrons. The first kappa shape index (κ1) is 13.7. The van der Waals surface area contributed by atoms with E-state index >= 15 is 0 Å². The molecular weight excluding hydrogens is 218 g/mol. The van der Waals surface area contributed by atoms with Crippen molar-refractivity contribution in [3.63, 3.8) is 0 Å². The molecule has 0 aromatic carbocycles. The van der Waals surface area contributed by atoms with Gasteiger partial charge in [0.05, 0.1) is 0 Å². The van der Waals surface area contributed by atoms with Gasteiger partial charge in [-0.05, 0) is 45.6 Å². The summed E-state index contributed by atoms with van der Waals surface area (Å²) in [4.78, 5) is 4.61. The van der Waals surface area contributed by atoms with Crippen LogP contribution in [0.15, 0.2) is 0 Å². The van der Waals surface area contributed by atoms with E-state index in [1.165, 1.54) is 25.7 Å². The lowest BCUT2D eigenvalue weighted by Crippen LogP contribution is -2.46. The molecule has 3 nitrogen and oxygen atoms in total. The van der Waals surface area contributed by atoms with E-state index in [-0.39, 0.29) is 0 Å². The number of hydrogen-bond donors (Lipinski definition) is 1. The molecule has 0 bridgehead atoms. The number of nitrogens with one attached hydrogen (secondary N) is 1. The first-order valence-corrected chi connectivity index (χ1v) is 6.75. The van der Waals surface area contributed by atoms with Crippen molar-refractivity contribution in [3.8, 4) is 0 Å². The van der Waals surface area contributed by atoms with Crippen molar-refractivity contribution < 1.29 is 0 Å². The standard InChI is InChI=1S/C12H25N3S/c1-4-5-8-13-12(16)15-9-6-7-11(15)10-14(2)3/h11H,4-10H2,1-3H3,(H,13,16). The minimum atomic E-state index is 0.608. The Kier molecular flexibility index (Phi) is 6.06. The summed E-state index contributed by atoms with van der Waals surface area (Å²) in [7, 11) is 4.26. The lowest BCUT2D eigenvalue weighted by molar-refractivity contribution is 0.283. The molecule has 1 N–H and O–H groups in total. The summed E-state index contributed by atoms with van der Waals surface area (Å²) in [6.07, 6.45) is 4.96. The zero-order valence-corrected chi connectivity index (χ0v) is 11.6. The average Bonchev–Trinajstić information content (AvgIpc) is 2.65. The number of likely N-dealkylation sites (N-methyl/N-ethyl adjacent to an activating group) is 1. The number of rotatable bonds is 5. The van der Waals surface area contributed by atoms with Gasteiger partial charge in [-0.25, -0.2) is 0 Å². The molecule has 0 aromatic heterocycles. The Morgan fingerprint density at radius 3 is 2.88 bits per heavy atom. The maximum absolute atomic E-state index is 5.45. The van der Waals surface area contributed by atoms with Gasteiger partial charge >= 0.3 is 0 Å². The van der Waals surface area contributed by atoms with Gasteiger partial charge in [-0.3, -0.25) is 0 Å². The SMILES string of the molecule is CCCCNC(=S)N1CCCC1CN(C)C. The smallest absolute Gasteiger partial charge is 0.169 e. The van der Waals surface area contributed by atoms with E-state index in [0.717, 1.165) is 24.7 Å². The zero-order valence-electron chi connectivity index (χ0n) is 10.8.